The van der Waals surface area contributed by atoms with Gasteiger partial charge in [0.05, 0.1) is 0 Å². The molecule has 0 bridgehead atoms. The van der Waals surface area contributed by atoms with Crippen molar-refractivity contribution in [3.05, 3.63) is 6.42 Å². The van der Waals surface area contributed by atoms with E-state index in [2.05, 4.69) is 11.3 Å². The Kier molecular flexibility index (Phi) is 7.95. The van der Waals surface area contributed by atoms with Gasteiger partial charge in [-0.15, -0.1) is 0 Å². The van der Waals surface area contributed by atoms with E-state index in [0.717, 1.165) is 19.1 Å². The molecule has 2 unspecified atom stereocenters. The first-order chi connectivity index (χ1) is 10.0. The summed E-state index contributed by atoms with van der Waals surface area (Å²) in [6.45, 7) is 1.90. The summed E-state index contributed by atoms with van der Waals surface area (Å²) in [7, 11) is 4.85. The van der Waals surface area contributed by atoms with Gasteiger partial charge in [0.2, 0.25) is 0 Å². The van der Waals surface area contributed by atoms with Crippen LogP contribution in [0.2, 0.25) is 12.1 Å². The third-order valence-electron chi connectivity index (χ3n) is 3.94. The summed E-state index contributed by atoms with van der Waals surface area (Å²) in [4.78, 5) is 2.33. The molecule has 0 aliphatic carbocycles. The Labute approximate surface area is 130 Å². The van der Waals surface area contributed by atoms with E-state index < -0.39 is 17.6 Å². The summed E-state index contributed by atoms with van der Waals surface area (Å²) in [5.41, 5.74) is 0. The minimum atomic E-state index is -2.49. The molecule has 0 amide bonds. The fraction of sp³-hybridized carbons (Fsp3) is 0.917. The largest absolute Gasteiger partial charge is 0.501 e. The second-order valence-electron chi connectivity index (χ2n) is 4.90. The van der Waals surface area contributed by atoms with Crippen LogP contribution in [0.3, 0.4) is 0 Å². The highest BCUT2D eigenvalue weighted by Gasteiger charge is 2.48. The molecule has 1 rings (SSSR count). The summed E-state index contributed by atoms with van der Waals surface area (Å²) >= 11 is 0. The number of rotatable bonds is 12. The van der Waals surface area contributed by atoms with E-state index in [4.69, 9.17) is 26.6 Å². The molecule has 0 N–H and O–H groups in total. The van der Waals surface area contributed by atoms with Crippen molar-refractivity contribution in [1.82, 2.24) is 4.90 Å². The zero-order valence-electron chi connectivity index (χ0n) is 13.9. The molecule has 0 aromatic rings. The molecule has 2 atom stereocenters. The Hall–Kier alpha value is 0.154. The monoisotopic (exact) mass is 338 g/mol. The first-order valence-electron chi connectivity index (χ1n) is 6.90. The number of nitrogens with zero attached hydrogens (tertiary/aromatic N) is 1. The molecular formula is C12H28NO6Si2. The zero-order chi connectivity index (χ0) is 15.9. The predicted octanol–water partition coefficient (Wildman–Crippen LogP) is 0.631. The van der Waals surface area contributed by atoms with Crippen molar-refractivity contribution in [1.29, 1.82) is 0 Å². The predicted molar refractivity (Wildman–Crippen MR) is 82.8 cm³/mol. The minimum absolute atomic E-state index is 0.455. The highest BCUT2D eigenvalue weighted by Crippen LogP contribution is 2.29. The maximum atomic E-state index is 5.45. The van der Waals surface area contributed by atoms with E-state index in [1.54, 1.807) is 42.7 Å². The average Bonchev–Trinajstić information content (AvgIpc) is 3.27. The van der Waals surface area contributed by atoms with Crippen molar-refractivity contribution >= 4 is 17.6 Å². The SMILES string of the molecule is CO[Si](C[CH]CN1CC1C[Si](OC)(OC)OC)(OC)OC. The van der Waals surface area contributed by atoms with Gasteiger partial charge in [0, 0.05) is 73.9 Å². The van der Waals surface area contributed by atoms with Gasteiger partial charge in [-0.05, 0) is 6.42 Å². The summed E-state index contributed by atoms with van der Waals surface area (Å²) in [5.74, 6) is 0. The maximum Gasteiger partial charge on any atom is 0.501 e. The number of hydrogen-bond donors (Lipinski definition) is 0. The molecule has 125 valence electrons. The van der Waals surface area contributed by atoms with Crippen LogP contribution >= 0.6 is 0 Å². The van der Waals surface area contributed by atoms with Crippen molar-refractivity contribution in [3.8, 4) is 0 Å². The van der Waals surface area contributed by atoms with E-state index in [1.807, 2.05) is 0 Å². The Morgan fingerprint density at radius 1 is 0.857 bits per heavy atom. The molecular weight excluding hydrogens is 310 g/mol. The lowest BCUT2D eigenvalue weighted by molar-refractivity contribution is 0.122. The van der Waals surface area contributed by atoms with Crippen LogP contribution < -0.4 is 0 Å². The van der Waals surface area contributed by atoms with E-state index in [0.29, 0.717) is 12.1 Å². The van der Waals surface area contributed by atoms with E-state index in [9.17, 15) is 0 Å². The fourth-order valence-corrected chi connectivity index (χ4v) is 5.78. The smallest absolute Gasteiger partial charge is 0.377 e. The minimum Gasteiger partial charge on any atom is -0.377 e. The molecule has 9 heteroatoms. The molecule has 1 heterocycles. The van der Waals surface area contributed by atoms with Crippen LogP contribution in [0, 0.1) is 6.42 Å². The van der Waals surface area contributed by atoms with Crippen molar-refractivity contribution in [2.24, 2.45) is 0 Å². The van der Waals surface area contributed by atoms with Gasteiger partial charge >= 0.3 is 17.6 Å². The molecule has 1 aliphatic rings. The second-order valence-corrected chi connectivity index (χ2v) is 10.9. The van der Waals surface area contributed by atoms with Crippen LogP contribution in [0.15, 0.2) is 0 Å². The van der Waals surface area contributed by atoms with Gasteiger partial charge in [0.1, 0.15) is 0 Å². The highest BCUT2D eigenvalue weighted by molar-refractivity contribution is 6.61. The van der Waals surface area contributed by atoms with Crippen molar-refractivity contribution < 1.29 is 26.6 Å². The summed E-state index contributed by atoms with van der Waals surface area (Å²) in [5, 5.41) is 0. The van der Waals surface area contributed by atoms with E-state index in [1.165, 1.54) is 0 Å². The normalized spacial score (nSPS) is 22.6. The van der Waals surface area contributed by atoms with Crippen LogP contribution in [0.25, 0.3) is 0 Å². The van der Waals surface area contributed by atoms with Crippen LogP contribution in [-0.4, -0.2) is 84.3 Å². The topological polar surface area (TPSA) is 58.4 Å². The highest BCUT2D eigenvalue weighted by atomic mass is 28.4. The Bertz CT molecular complexity index is 285. The molecule has 1 saturated heterocycles. The van der Waals surface area contributed by atoms with Crippen LogP contribution in [0.4, 0.5) is 0 Å². The first kappa shape index (κ1) is 19.2. The van der Waals surface area contributed by atoms with Crippen molar-refractivity contribution in [2.75, 3.05) is 55.7 Å². The second kappa shape index (κ2) is 8.70. The van der Waals surface area contributed by atoms with Crippen LogP contribution in [-0.2, 0) is 26.6 Å². The molecule has 21 heavy (non-hydrogen) atoms. The van der Waals surface area contributed by atoms with Gasteiger partial charge in [0.15, 0.2) is 0 Å². The van der Waals surface area contributed by atoms with Gasteiger partial charge in [0.25, 0.3) is 0 Å². The Morgan fingerprint density at radius 3 is 1.76 bits per heavy atom. The zero-order valence-corrected chi connectivity index (χ0v) is 15.9. The van der Waals surface area contributed by atoms with Gasteiger partial charge in [-0.25, -0.2) is 0 Å². The lowest BCUT2D eigenvalue weighted by atomic mass is 10.5. The molecule has 0 aromatic heterocycles. The van der Waals surface area contributed by atoms with Gasteiger partial charge in [-0.1, -0.05) is 0 Å². The molecule has 0 spiro atoms. The van der Waals surface area contributed by atoms with Gasteiger partial charge in [-0.3, -0.25) is 4.90 Å². The maximum absolute atomic E-state index is 5.45. The van der Waals surface area contributed by atoms with Crippen LogP contribution in [0.5, 0.6) is 0 Å². The average molecular weight is 339 g/mol. The van der Waals surface area contributed by atoms with Gasteiger partial charge in [-0.2, -0.15) is 0 Å². The molecule has 1 fully saturated rings. The quantitative estimate of drug-likeness (QED) is 0.382. The molecule has 1 radical (unpaired) electrons. The lowest BCUT2D eigenvalue weighted by Gasteiger charge is -2.25. The lowest BCUT2D eigenvalue weighted by Crippen LogP contribution is -2.44. The third kappa shape index (κ3) is 5.08. The van der Waals surface area contributed by atoms with Crippen LogP contribution in [0.1, 0.15) is 0 Å². The van der Waals surface area contributed by atoms with E-state index in [-0.39, 0.29) is 0 Å². The summed E-state index contributed by atoms with van der Waals surface area (Å²) in [6.07, 6.45) is 2.15. The third-order valence-corrected chi connectivity index (χ3v) is 9.43. The Morgan fingerprint density at radius 2 is 1.33 bits per heavy atom. The molecule has 0 saturated carbocycles. The van der Waals surface area contributed by atoms with E-state index >= 15 is 0 Å². The fourth-order valence-electron chi connectivity index (χ4n) is 2.34. The molecule has 1 aliphatic heterocycles. The van der Waals surface area contributed by atoms with Gasteiger partial charge < -0.3 is 26.6 Å². The first-order valence-corrected chi connectivity index (χ1v) is 10.8. The molecule has 7 nitrogen and oxygen atoms in total. The molecule has 0 aromatic carbocycles. The Balaban J connectivity index is 2.31. The summed E-state index contributed by atoms with van der Waals surface area (Å²) in [6, 6.07) is 1.96. The van der Waals surface area contributed by atoms with Crippen molar-refractivity contribution in [3.63, 3.8) is 0 Å². The van der Waals surface area contributed by atoms with Crippen molar-refractivity contribution in [2.45, 2.75) is 18.1 Å². The standard InChI is InChI=1S/C12H28NO6Si2/c1-14-20(15-2,16-3)9-7-8-13-10-12(13)11-21(17-4,18-5)19-6/h7,12H,8-11H2,1-6H3. The summed E-state index contributed by atoms with van der Waals surface area (Å²) < 4.78 is 32.5. The number of hydrogen-bond acceptors (Lipinski definition) is 7.